The number of likely N-dealkylation sites (tertiary alicyclic amines) is 1. The van der Waals surface area contributed by atoms with E-state index in [9.17, 15) is 19.5 Å². The molecule has 0 aromatic carbocycles. The van der Waals surface area contributed by atoms with Crippen molar-refractivity contribution < 1.29 is 19.5 Å². The largest absolute Gasteiger partial charge is 0.396 e. The number of amides is 3. The second-order valence-corrected chi connectivity index (χ2v) is 11.9. The topological polar surface area (TPSA) is 81.2 Å². The minimum atomic E-state index is -0.587. The molecule has 3 rings (SSSR count). The number of aliphatic hydroxyl groups excluding tert-OH is 1. The lowest BCUT2D eigenvalue weighted by Crippen LogP contribution is -2.57. The Balaban J connectivity index is 2.01. The molecule has 3 fully saturated rings. The van der Waals surface area contributed by atoms with E-state index in [4.69, 9.17) is 0 Å². The van der Waals surface area contributed by atoms with E-state index in [2.05, 4.69) is 27.0 Å². The van der Waals surface area contributed by atoms with Gasteiger partial charge in [-0.2, -0.15) is 0 Å². The fourth-order valence-corrected chi connectivity index (χ4v) is 8.81. The van der Waals surface area contributed by atoms with Crippen LogP contribution in [0.3, 0.4) is 0 Å². The summed E-state index contributed by atoms with van der Waals surface area (Å²) < 4.78 is -0.587. The molecule has 3 heterocycles. The van der Waals surface area contributed by atoms with Crippen molar-refractivity contribution in [3.8, 4) is 0 Å². The van der Waals surface area contributed by atoms with E-state index < -0.39 is 22.6 Å². The molecule has 1 spiro atoms. The van der Waals surface area contributed by atoms with Crippen molar-refractivity contribution in [3.63, 3.8) is 0 Å². The molecule has 196 valence electrons. The van der Waals surface area contributed by atoms with Gasteiger partial charge in [0, 0.05) is 45.1 Å². The van der Waals surface area contributed by atoms with Gasteiger partial charge in [-0.3, -0.25) is 14.4 Å². The summed E-state index contributed by atoms with van der Waals surface area (Å²) in [7, 11) is 1.77. The van der Waals surface area contributed by atoms with E-state index in [-0.39, 0.29) is 35.5 Å². The summed E-state index contributed by atoms with van der Waals surface area (Å²) in [5.41, 5.74) is 0. The lowest BCUT2D eigenvalue weighted by Gasteiger charge is -2.41. The van der Waals surface area contributed by atoms with Crippen LogP contribution in [0.2, 0.25) is 0 Å². The summed E-state index contributed by atoms with van der Waals surface area (Å²) in [6.07, 6.45) is 8.36. The molecule has 2 bridgehead atoms. The van der Waals surface area contributed by atoms with E-state index in [1.165, 1.54) is 0 Å². The maximum absolute atomic E-state index is 14.2. The minimum absolute atomic E-state index is 0.0103. The monoisotopic (exact) mass is 505 g/mol. The molecule has 3 saturated heterocycles. The highest BCUT2D eigenvalue weighted by Gasteiger charge is 2.76. The lowest BCUT2D eigenvalue weighted by molar-refractivity contribution is -0.144. The smallest absolute Gasteiger partial charge is 0.247 e. The zero-order valence-electron chi connectivity index (χ0n) is 21.7. The van der Waals surface area contributed by atoms with Crippen molar-refractivity contribution >= 4 is 29.5 Å². The quantitative estimate of drug-likeness (QED) is 0.290. The first-order valence-corrected chi connectivity index (χ1v) is 14.0. The first kappa shape index (κ1) is 27.8. The van der Waals surface area contributed by atoms with Gasteiger partial charge >= 0.3 is 0 Å². The molecule has 3 unspecified atom stereocenters. The van der Waals surface area contributed by atoms with Crippen LogP contribution < -0.4 is 0 Å². The molecule has 0 saturated carbocycles. The number of thioether (sulfide) groups is 1. The Morgan fingerprint density at radius 3 is 2.51 bits per heavy atom. The predicted molar refractivity (Wildman–Crippen MR) is 141 cm³/mol. The third kappa shape index (κ3) is 4.93. The number of carbonyl (C=O) groups excluding carboxylic acids is 3. The van der Waals surface area contributed by atoms with Gasteiger partial charge in [-0.25, -0.2) is 0 Å². The fraction of sp³-hybridized carbons (Fsp3) is 0.741. The average Bonchev–Trinajstić information content (AvgIpc) is 3.42. The van der Waals surface area contributed by atoms with Gasteiger partial charge in [0.25, 0.3) is 0 Å². The molecule has 0 aromatic rings. The van der Waals surface area contributed by atoms with Crippen molar-refractivity contribution in [2.75, 3.05) is 39.8 Å². The van der Waals surface area contributed by atoms with Crippen LogP contribution in [-0.4, -0.2) is 93.4 Å². The van der Waals surface area contributed by atoms with Crippen molar-refractivity contribution in [1.82, 2.24) is 14.7 Å². The Morgan fingerprint density at radius 1 is 1.17 bits per heavy atom. The Kier molecular flexibility index (Phi) is 9.49. The van der Waals surface area contributed by atoms with Crippen LogP contribution in [0.4, 0.5) is 0 Å². The molecule has 6 atom stereocenters. The van der Waals surface area contributed by atoms with Gasteiger partial charge in [-0.15, -0.1) is 24.9 Å². The van der Waals surface area contributed by atoms with Gasteiger partial charge in [0.05, 0.1) is 16.6 Å². The maximum atomic E-state index is 14.2. The van der Waals surface area contributed by atoms with Crippen LogP contribution in [0.15, 0.2) is 25.3 Å². The lowest BCUT2D eigenvalue weighted by atomic mass is 9.65. The standard InChI is InChI=1S/C27H43N3O4S/c1-6-9-15-29(14-8-3)26(34)23-27-19(4)18-20(35-27)21(24(32)28(5)13-7-2)22(27)25(33)30(23)16-11-10-12-17-31/h7-8,19-23,31H,2-3,6,9-18H2,1,4-5H3/t19?,20-,21+,22+,23?,27?/m1/s1. The zero-order valence-corrected chi connectivity index (χ0v) is 22.5. The van der Waals surface area contributed by atoms with E-state index in [1.54, 1.807) is 40.8 Å². The maximum Gasteiger partial charge on any atom is 0.247 e. The van der Waals surface area contributed by atoms with Crippen LogP contribution in [0.25, 0.3) is 0 Å². The van der Waals surface area contributed by atoms with E-state index in [1.807, 2.05) is 4.90 Å². The van der Waals surface area contributed by atoms with Gasteiger partial charge in [-0.1, -0.05) is 32.4 Å². The highest BCUT2D eigenvalue weighted by Crippen LogP contribution is 2.68. The molecule has 0 radical (unpaired) electrons. The molecule has 7 nitrogen and oxygen atoms in total. The van der Waals surface area contributed by atoms with Crippen molar-refractivity contribution in [3.05, 3.63) is 25.3 Å². The van der Waals surface area contributed by atoms with Gasteiger partial charge in [0.1, 0.15) is 6.04 Å². The third-order valence-corrected chi connectivity index (χ3v) is 10.1. The zero-order chi connectivity index (χ0) is 25.8. The Bertz CT molecular complexity index is 820. The predicted octanol–water partition coefficient (Wildman–Crippen LogP) is 2.95. The normalized spacial score (nSPS) is 30.9. The third-order valence-electron chi connectivity index (χ3n) is 8.04. The summed E-state index contributed by atoms with van der Waals surface area (Å²) in [5.74, 6) is -0.804. The number of hydrogen-bond acceptors (Lipinski definition) is 5. The Morgan fingerprint density at radius 2 is 1.89 bits per heavy atom. The van der Waals surface area contributed by atoms with Crippen molar-refractivity contribution in [1.29, 1.82) is 0 Å². The first-order valence-electron chi connectivity index (χ1n) is 13.1. The summed E-state index contributed by atoms with van der Waals surface area (Å²) in [5, 5.41) is 9.25. The Labute approximate surface area is 215 Å². The van der Waals surface area contributed by atoms with E-state index in [0.717, 1.165) is 32.1 Å². The number of nitrogens with zero attached hydrogens (tertiary/aromatic N) is 3. The molecule has 3 aliphatic heterocycles. The number of aliphatic hydroxyl groups is 1. The summed E-state index contributed by atoms with van der Waals surface area (Å²) in [6, 6.07) is -0.571. The highest BCUT2D eigenvalue weighted by molar-refractivity contribution is 8.02. The molecule has 3 aliphatic rings. The van der Waals surface area contributed by atoms with Crippen LogP contribution >= 0.6 is 11.8 Å². The van der Waals surface area contributed by atoms with Gasteiger partial charge < -0.3 is 19.8 Å². The van der Waals surface area contributed by atoms with Crippen LogP contribution in [-0.2, 0) is 14.4 Å². The first-order chi connectivity index (χ1) is 16.8. The van der Waals surface area contributed by atoms with Crippen LogP contribution in [0.5, 0.6) is 0 Å². The number of rotatable bonds is 14. The number of hydrogen-bond donors (Lipinski definition) is 1. The number of unbranched alkanes of at least 4 members (excludes halogenated alkanes) is 3. The molecule has 8 heteroatoms. The highest BCUT2D eigenvalue weighted by atomic mass is 32.2. The Hall–Kier alpha value is -1.80. The summed E-state index contributed by atoms with van der Waals surface area (Å²) in [4.78, 5) is 47.1. The van der Waals surface area contributed by atoms with Crippen molar-refractivity contribution in [2.45, 2.75) is 68.4 Å². The molecular weight excluding hydrogens is 462 g/mol. The van der Waals surface area contributed by atoms with Crippen LogP contribution in [0, 0.1) is 17.8 Å². The molecule has 3 amide bonds. The molecule has 0 aliphatic carbocycles. The molecule has 0 aromatic heterocycles. The van der Waals surface area contributed by atoms with E-state index >= 15 is 0 Å². The van der Waals surface area contributed by atoms with Crippen molar-refractivity contribution in [2.24, 2.45) is 17.8 Å². The molecular formula is C27H43N3O4S. The number of fused-ring (bicyclic) bond motifs is 1. The average molecular weight is 506 g/mol. The second kappa shape index (κ2) is 12.0. The minimum Gasteiger partial charge on any atom is -0.396 e. The van der Waals surface area contributed by atoms with Gasteiger partial charge in [0.2, 0.25) is 17.7 Å². The van der Waals surface area contributed by atoms with Crippen LogP contribution in [0.1, 0.15) is 52.4 Å². The SMILES string of the molecule is C=CCN(C)C(=O)[C@@H]1[C@H]2C(=O)N(CCCCCO)C(C(=O)N(CC=C)CCCC)C23S[C@@H]1CC3C. The fourth-order valence-electron chi connectivity index (χ4n) is 6.40. The van der Waals surface area contributed by atoms with Gasteiger partial charge in [0.15, 0.2) is 0 Å². The van der Waals surface area contributed by atoms with E-state index in [0.29, 0.717) is 32.6 Å². The molecule has 35 heavy (non-hydrogen) atoms. The van der Waals surface area contributed by atoms with Gasteiger partial charge in [-0.05, 0) is 38.0 Å². The number of likely N-dealkylation sites (N-methyl/N-ethyl adjacent to an activating group) is 1. The molecule has 1 N–H and O–H groups in total. The summed E-state index contributed by atoms with van der Waals surface area (Å²) >= 11 is 1.73. The summed E-state index contributed by atoms with van der Waals surface area (Å²) in [6.45, 7) is 14.0. The second-order valence-electron chi connectivity index (χ2n) is 10.3. The number of carbonyl (C=O) groups is 3.